The normalized spacial score (nSPS) is 10.4. The number of ether oxygens (including phenoxy) is 4. The molecule has 0 saturated carbocycles. The summed E-state index contributed by atoms with van der Waals surface area (Å²) in [5.41, 5.74) is 1.27. The summed E-state index contributed by atoms with van der Waals surface area (Å²) in [6.07, 6.45) is 0. The molecule has 0 radical (unpaired) electrons. The number of rotatable bonds is 9. The number of hydrogen-bond acceptors (Lipinski definition) is 9. The van der Waals surface area contributed by atoms with Crippen LogP contribution in [0.3, 0.4) is 0 Å². The van der Waals surface area contributed by atoms with Gasteiger partial charge in [-0.25, -0.2) is 0 Å². The van der Waals surface area contributed by atoms with Crippen LogP contribution in [0.4, 0.5) is 5.69 Å². The molecule has 0 aliphatic rings. The largest absolute Gasteiger partial charge is 0.497 e. The zero-order chi connectivity index (χ0) is 21.5. The minimum Gasteiger partial charge on any atom is -0.497 e. The molecule has 9 nitrogen and oxygen atoms in total. The van der Waals surface area contributed by atoms with E-state index in [9.17, 15) is 4.79 Å². The summed E-state index contributed by atoms with van der Waals surface area (Å²) in [7, 11) is 6.13. The summed E-state index contributed by atoms with van der Waals surface area (Å²) >= 11 is 1.13. The van der Waals surface area contributed by atoms with Crippen molar-refractivity contribution in [2.75, 3.05) is 39.5 Å². The number of carbonyl (C=O) groups is 1. The lowest BCUT2D eigenvalue weighted by molar-refractivity contribution is -0.113. The van der Waals surface area contributed by atoms with Crippen molar-refractivity contribution in [2.45, 2.75) is 5.22 Å². The molecular weight excluding hydrogens is 410 g/mol. The number of thioether (sulfide) groups is 1. The summed E-state index contributed by atoms with van der Waals surface area (Å²) in [5, 5.41) is 11.1. The van der Waals surface area contributed by atoms with Crippen LogP contribution in [0.2, 0.25) is 0 Å². The maximum absolute atomic E-state index is 12.3. The zero-order valence-electron chi connectivity index (χ0n) is 16.9. The maximum Gasteiger partial charge on any atom is 0.277 e. The van der Waals surface area contributed by atoms with Crippen molar-refractivity contribution in [3.05, 3.63) is 36.4 Å². The first-order chi connectivity index (χ1) is 14.6. The first-order valence-corrected chi connectivity index (χ1v) is 9.77. The minimum absolute atomic E-state index is 0.0842. The van der Waals surface area contributed by atoms with Crippen LogP contribution in [0.1, 0.15) is 0 Å². The summed E-state index contributed by atoms with van der Waals surface area (Å²) in [6.45, 7) is 0. The van der Waals surface area contributed by atoms with E-state index in [1.807, 2.05) is 12.1 Å². The third-order valence-corrected chi connectivity index (χ3v) is 4.84. The molecule has 1 heterocycles. The Hall–Kier alpha value is -3.40. The maximum atomic E-state index is 12.3. The van der Waals surface area contributed by atoms with E-state index < -0.39 is 0 Å². The van der Waals surface area contributed by atoms with Gasteiger partial charge >= 0.3 is 0 Å². The van der Waals surface area contributed by atoms with Gasteiger partial charge in [0.25, 0.3) is 5.22 Å². The summed E-state index contributed by atoms with van der Waals surface area (Å²) in [6, 6.07) is 10.5. The first kappa shape index (κ1) is 21.3. The fourth-order valence-corrected chi connectivity index (χ4v) is 3.16. The Morgan fingerprint density at radius 2 is 1.63 bits per heavy atom. The molecular formula is C20H21N3O6S. The molecule has 0 bridgehead atoms. The Kier molecular flexibility index (Phi) is 7.02. The first-order valence-electron chi connectivity index (χ1n) is 8.78. The molecule has 1 amide bonds. The summed E-state index contributed by atoms with van der Waals surface area (Å²) in [5.74, 6) is 2.27. The Morgan fingerprint density at radius 1 is 0.967 bits per heavy atom. The van der Waals surface area contributed by atoms with Crippen molar-refractivity contribution >= 4 is 23.4 Å². The van der Waals surface area contributed by atoms with E-state index in [0.717, 1.165) is 23.1 Å². The molecule has 0 fully saturated rings. The molecule has 0 aliphatic carbocycles. The molecule has 1 N–H and O–H groups in total. The second-order valence-electron chi connectivity index (χ2n) is 5.85. The van der Waals surface area contributed by atoms with E-state index in [-0.39, 0.29) is 11.7 Å². The van der Waals surface area contributed by atoms with Crippen LogP contribution in [-0.4, -0.2) is 50.3 Å². The number of nitrogens with one attached hydrogen (secondary N) is 1. The number of nitrogens with zero attached hydrogens (tertiary/aromatic N) is 2. The second-order valence-corrected chi connectivity index (χ2v) is 6.78. The number of aromatic nitrogens is 2. The van der Waals surface area contributed by atoms with Crippen LogP contribution in [0.25, 0.3) is 11.5 Å². The number of anilines is 1. The standard InChI is InChI=1S/C20H21N3O6S/c1-25-14-7-5-12(6-8-14)19-22-23-20(29-19)30-11-17(24)21-13-9-15(26-2)18(28-4)16(10-13)27-3/h5-10H,11H2,1-4H3,(H,21,24). The van der Waals surface area contributed by atoms with E-state index in [0.29, 0.717) is 34.0 Å². The highest BCUT2D eigenvalue weighted by Crippen LogP contribution is 2.40. The number of amides is 1. The van der Waals surface area contributed by atoms with E-state index in [1.54, 1.807) is 31.4 Å². The summed E-state index contributed by atoms with van der Waals surface area (Å²) < 4.78 is 26.6. The number of benzene rings is 2. The molecule has 158 valence electrons. The van der Waals surface area contributed by atoms with E-state index in [4.69, 9.17) is 23.4 Å². The SMILES string of the molecule is COc1ccc(-c2nnc(SCC(=O)Nc3cc(OC)c(OC)c(OC)c3)o2)cc1. The highest BCUT2D eigenvalue weighted by Gasteiger charge is 2.16. The molecule has 10 heteroatoms. The van der Waals surface area contributed by atoms with Gasteiger partial charge in [-0.05, 0) is 24.3 Å². The van der Waals surface area contributed by atoms with Gasteiger partial charge in [-0.3, -0.25) is 4.79 Å². The Bertz CT molecular complexity index is 981. The lowest BCUT2D eigenvalue weighted by atomic mass is 10.2. The second kappa shape index (κ2) is 9.88. The van der Waals surface area contributed by atoms with E-state index >= 15 is 0 Å². The van der Waals surface area contributed by atoms with Gasteiger partial charge in [0, 0.05) is 23.4 Å². The van der Waals surface area contributed by atoms with Gasteiger partial charge < -0.3 is 28.7 Å². The predicted octanol–water partition coefficient (Wildman–Crippen LogP) is 3.50. The van der Waals surface area contributed by atoms with Gasteiger partial charge in [0.1, 0.15) is 5.75 Å². The van der Waals surface area contributed by atoms with E-state index in [2.05, 4.69) is 15.5 Å². The van der Waals surface area contributed by atoms with Crippen molar-refractivity contribution in [2.24, 2.45) is 0 Å². The Balaban J connectivity index is 1.62. The monoisotopic (exact) mass is 431 g/mol. The molecule has 1 aromatic heterocycles. The average Bonchev–Trinajstić information content (AvgIpc) is 3.26. The van der Waals surface area contributed by atoms with Crippen molar-refractivity contribution < 1.29 is 28.2 Å². The van der Waals surface area contributed by atoms with Crippen LogP contribution in [0.5, 0.6) is 23.0 Å². The van der Waals surface area contributed by atoms with Gasteiger partial charge in [-0.1, -0.05) is 11.8 Å². The number of carbonyl (C=O) groups excluding carboxylic acids is 1. The van der Waals surface area contributed by atoms with Gasteiger partial charge in [0.2, 0.25) is 17.5 Å². The smallest absolute Gasteiger partial charge is 0.277 e. The fraction of sp³-hybridized carbons (Fsp3) is 0.250. The lowest BCUT2D eigenvalue weighted by Crippen LogP contribution is -2.14. The topological polar surface area (TPSA) is 105 Å². The third-order valence-electron chi connectivity index (χ3n) is 4.02. The predicted molar refractivity (Wildman–Crippen MR) is 112 cm³/mol. The third kappa shape index (κ3) is 4.95. The molecule has 30 heavy (non-hydrogen) atoms. The molecule has 0 atom stereocenters. The van der Waals surface area contributed by atoms with Gasteiger partial charge in [-0.2, -0.15) is 0 Å². The number of hydrogen-bond donors (Lipinski definition) is 1. The fourth-order valence-electron chi connectivity index (χ4n) is 2.60. The molecule has 0 unspecified atom stereocenters. The molecule has 0 aliphatic heterocycles. The van der Waals surface area contributed by atoms with Gasteiger partial charge in [0.15, 0.2) is 11.5 Å². The lowest BCUT2D eigenvalue weighted by Gasteiger charge is -2.14. The Morgan fingerprint density at radius 3 is 2.20 bits per heavy atom. The molecule has 3 rings (SSSR count). The van der Waals surface area contributed by atoms with Crippen LogP contribution < -0.4 is 24.3 Å². The van der Waals surface area contributed by atoms with Crippen molar-refractivity contribution in [3.63, 3.8) is 0 Å². The van der Waals surface area contributed by atoms with Crippen LogP contribution in [0, 0.1) is 0 Å². The van der Waals surface area contributed by atoms with Crippen LogP contribution >= 0.6 is 11.8 Å². The van der Waals surface area contributed by atoms with Crippen molar-refractivity contribution in [1.29, 1.82) is 0 Å². The number of methoxy groups -OCH3 is 4. The van der Waals surface area contributed by atoms with Gasteiger partial charge in [0.05, 0.1) is 34.2 Å². The van der Waals surface area contributed by atoms with Crippen LogP contribution in [0.15, 0.2) is 46.0 Å². The molecule has 3 aromatic rings. The quantitative estimate of drug-likeness (QED) is 0.510. The van der Waals surface area contributed by atoms with Gasteiger partial charge in [-0.15, -0.1) is 10.2 Å². The molecule has 0 spiro atoms. The zero-order valence-corrected chi connectivity index (χ0v) is 17.7. The molecule has 0 saturated heterocycles. The van der Waals surface area contributed by atoms with Crippen LogP contribution in [-0.2, 0) is 4.79 Å². The van der Waals surface area contributed by atoms with Crippen molar-refractivity contribution in [1.82, 2.24) is 10.2 Å². The van der Waals surface area contributed by atoms with E-state index in [1.165, 1.54) is 21.3 Å². The summed E-state index contributed by atoms with van der Waals surface area (Å²) in [4.78, 5) is 12.3. The Labute approximate surface area is 177 Å². The average molecular weight is 431 g/mol. The highest BCUT2D eigenvalue weighted by atomic mass is 32.2. The highest BCUT2D eigenvalue weighted by molar-refractivity contribution is 7.99. The molecule has 2 aromatic carbocycles. The van der Waals surface area contributed by atoms with Crippen molar-refractivity contribution in [3.8, 4) is 34.5 Å². The minimum atomic E-state index is -0.251.